The SMILES string of the molecule is C=CCCC(O)CN1CCOC(c2ccc(Br)cc2)C1. The third kappa shape index (κ3) is 4.70. The Hall–Kier alpha value is -0.680. The van der Waals surface area contributed by atoms with E-state index >= 15 is 0 Å². The molecule has 1 aliphatic rings. The van der Waals surface area contributed by atoms with Crippen molar-refractivity contribution < 1.29 is 9.84 Å². The lowest BCUT2D eigenvalue weighted by atomic mass is 10.1. The van der Waals surface area contributed by atoms with Crippen LogP contribution in [-0.4, -0.2) is 42.4 Å². The summed E-state index contributed by atoms with van der Waals surface area (Å²) in [5, 5.41) is 9.99. The molecule has 1 aromatic rings. The van der Waals surface area contributed by atoms with Crippen molar-refractivity contribution in [2.24, 2.45) is 0 Å². The van der Waals surface area contributed by atoms with Gasteiger partial charge in [-0.15, -0.1) is 6.58 Å². The van der Waals surface area contributed by atoms with E-state index in [1.54, 1.807) is 0 Å². The molecule has 0 bridgehead atoms. The summed E-state index contributed by atoms with van der Waals surface area (Å²) in [5.74, 6) is 0. The molecule has 20 heavy (non-hydrogen) atoms. The predicted molar refractivity (Wildman–Crippen MR) is 84.7 cm³/mol. The number of hydrogen-bond donors (Lipinski definition) is 1. The van der Waals surface area contributed by atoms with E-state index < -0.39 is 0 Å². The van der Waals surface area contributed by atoms with Gasteiger partial charge in [-0.05, 0) is 30.5 Å². The Morgan fingerprint density at radius 1 is 1.45 bits per heavy atom. The van der Waals surface area contributed by atoms with E-state index in [0.29, 0.717) is 6.54 Å². The van der Waals surface area contributed by atoms with E-state index in [9.17, 15) is 5.11 Å². The van der Waals surface area contributed by atoms with E-state index in [2.05, 4.69) is 39.5 Å². The number of nitrogens with zero attached hydrogens (tertiary/aromatic N) is 1. The molecule has 4 heteroatoms. The van der Waals surface area contributed by atoms with Gasteiger partial charge in [-0.2, -0.15) is 0 Å². The van der Waals surface area contributed by atoms with Crippen molar-refractivity contribution in [1.29, 1.82) is 0 Å². The largest absolute Gasteiger partial charge is 0.392 e. The molecule has 110 valence electrons. The second kappa shape index (κ2) is 7.93. The molecule has 3 nitrogen and oxygen atoms in total. The second-order valence-corrected chi connectivity index (χ2v) is 6.11. The molecule has 2 unspecified atom stereocenters. The molecule has 1 aliphatic heterocycles. The Morgan fingerprint density at radius 3 is 2.90 bits per heavy atom. The minimum atomic E-state index is -0.281. The molecule has 1 saturated heterocycles. The minimum absolute atomic E-state index is 0.100. The van der Waals surface area contributed by atoms with Crippen molar-refractivity contribution in [3.05, 3.63) is 47.0 Å². The van der Waals surface area contributed by atoms with Crippen LogP contribution in [0.15, 0.2) is 41.4 Å². The Labute approximate surface area is 129 Å². The first kappa shape index (κ1) is 15.7. The van der Waals surface area contributed by atoms with Crippen molar-refractivity contribution in [2.75, 3.05) is 26.2 Å². The average molecular weight is 340 g/mol. The first-order valence-electron chi connectivity index (χ1n) is 7.07. The Balaban J connectivity index is 1.88. The van der Waals surface area contributed by atoms with Crippen molar-refractivity contribution in [1.82, 2.24) is 4.90 Å². The maximum atomic E-state index is 9.99. The minimum Gasteiger partial charge on any atom is -0.392 e. The Bertz CT molecular complexity index is 421. The molecule has 0 radical (unpaired) electrons. The first-order valence-corrected chi connectivity index (χ1v) is 7.86. The van der Waals surface area contributed by atoms with Gasteiger partial charge in [0.1, 0.15) is 0 Å². The highest BCUT2D eigenvalue weighted by Crippen LogP contribution is 2.24. The van der Waals surface area contributed by atoms with Crippen LogP contribution in [0.3, 0.4) is 0 Å². The molecular formula is C16H22BrNO2. The molecule has 0 spiro atoms. The van der Waals surface area contributed by atoms with Crippen LogP contribution in [0.5, 0.6) is 0 Å². The van der Waals surface area contributed by atoms with Gasteiger partial charge in [0.15, 0.2) is 0 Å². The molecule has 0 amide bonds. The molecule has 0 aromatic heterocycles. The number of allylic oxidation sites excluding steroid dienone is 1. The molecule has 0 saturated carbocycles. The third-order valence-corrected chi connectivity index (χ3v) is 4.09. The van der Waals surface area contributed by atoms with Crippen LogP contribution in [0.2, 0.25) is 0 Å². The van der Waals surface area contributed by atoms with E-state index in [0.717, 1.165) is 37.0 Å². The van der Waals surface area contributed by atoms with Gasteiger partial charge in [0.25, 0.3) is 0 Å². The number of β-amino-alcohol motifs (C(OH)–C–C–N with tert-alkyl or cyclic N) is 1. The monoisotopic (exact) mass is 339 g/mol. The van der Waals surface area contributed by atoms with E-state index in [-0.39, 0.29) is 12.2 Å². The first-order chi connectivity index (χ1) is 9.69. The van der Waals surface area contributed by atoms with Crippen LogP contribution in [0, 0.1) is 0 Å². The van der Waals surface area contributed by atoms with Gasteiger partial charge >= 0.3 is 0 Å². The van der Waals surface area contributed by atoms with Gasteiger partial charge in [0, 0.05) is 24.1 Å². The highest BCUT2D eigenvalue weighted by molar-refractivity contribution is 9.10. The van der Waals surface area contributed by atoms with Crippen LogP contribution in [-0.2, 0) is 4.74 Å². The van der Waals surface area contributed by atoms with Crippen molar-refractivity contribution in [3.8, 4) is 0 Å². The maximum absolute atomic E-state index is 9.99. The molecular weight excluding hydrogens is 318 g/mol. The zero-order valence-electron chi connectivity index (χ0n) is 11.7. The number of aliphatic hydroxyl groups is 1. The summed E-state index contributed by atoms with van der Waals surface area (Å²) in [4.78, 5) is 2.28. The standard InChI is InChI=1S/C16H22BrNO2/c1-2-3-4-15(19)11-18-9-10-20-16(12-18)13-5-7-14(17)8-6-13/h2,5-8,15-16,19H,1,3-4,9-12H2. The molecule has 1 N–H and O–H groups in total. The number of aliphatic hydroxyl groups excluding tert-OH is 1. The molecule has 0 aliphatic carbocycles. The lowest BCUT2D eigenvalue weighted by molar-refractivity contribution is -0.0426. The van der Waals surface area contributed by atoms with Crippen molar-refractivity contribution in [2.45, 2.75) is 25.0 Å². The third-order valence-electron chi connectivity index (χ3n) is 3.57. The molecule has 1 fully saturated rings. The number of ether oxygens (including phenoxy) is 1. The Morgan fingerprint density at radius 2 is 2.20 bits per heavy atom. The summed E-state index contributed by atoms with van der Waals surface area (Å²) in [6, 6.07) is 8.26. The number of benzene rings is 1. The van der Waals surface area contributed by atoms with Crippen LogP contribution < -0.4 is 0 Å². The summed E-state index contributed by atoms with van der Waals surface area (Å²) >= 11 is 3.45. The number of morpholine rings is 1. The fraction of sp³-hybridized carbons (Fsp3) is 0.500. The normalized spacial score (nSPS) is 21.6. The smallest absolute Gasteiger partial charge is 0.0952 e. The van der Waals surface area contributed by atoms with Crippen molar-refractivity contribution >= 4 is 15.9 Å². The summed E-state index contributed by atoms with van der Waals surface area (Å²) in [5.41, 5.74) is 1.19. The second-order valence-electron chi connectivity index (χ2n) is 5.19. The lowest BCUT2D eigenvalue weighted by Crippen LogP contribution is -2.42. The van der Waals surface area contributed by atoms with Crippen molar-refractivity contribution in [3.63, 3.8) is 0 Å². The molecule has 1 heterocycles. The summed E-state index contributed by atoms with van der Waals surface area (Å²) < 4.78 is 6.92. The number of halogens is 1. The topological polar surface area (TPSA) is 32.7 Å². The van der Waals surface area contributed by atoms with E-state index in [1.165, 1.54) is 5.56 Å². The van der Waals surface area contributed by atoms with Gasteiger partial charge in [-0.3, -0.25) is 4.90 Å². The lowest BCUT2D eigenvalue weighted by Gasteiger charge is -2.34. The van der Waals surface area contributed by atoms with Crippen LogP contribution in [0.4, 0.5) is 0 Å². The van der Waals surface area contributed by atoms with Gasteiger partial charge < -0.3 is 9.84 Å². The highest BCUT2D eigenvalue weighted by atomic mass is 79.9. The molecule has 2 atom stereocenters. The van der Waals surface area contributed by atoms with Crippen LogP contribution in [0.1, 0.15) is 24.5 Å². The summed E-state index contributed by atoms with van der Waals surface area (Å²) in [7, 11) is 0. The van der Waals surface area contributed by atoms with E-state index in [4.69, 9.17) is 4.74 Å². The predicted octanol–water partition coefficient (Wildman–Crippen LogP) is 3.15. The quantitative estimate of drug-likeness (QED) is 0.808. The van der Waals surface area contributed by atoms with Crippen LogP contribution >= 0.6 is 15.9 Å². The fourth-order valence-corrected chi connectivity index (χ4v) is 2.71. The van der Waals surface area contributed by atoms with Gasteiger partial charge in [-0.25, -0.2) is 0 Å². The Kier molecular flexibility index (Phi) is 6.23. The summed E-state index contributed by atoms with van der Waals surface area (Å²) in [6.45, 7) is 6.85. The van der Waals surface area contributed by atoms with Crippen LogP contribution in [0.25, 0.3) is 0 Å². The average Bonchev–Trinajstić information content (AvgIpc) is 2.46. The highest BCUT2D eigenvalue weighted by Gasteiger charge is 2.23. The van der Waals surface area contributed by atoms with E-state index in [1.807, 2.05) is 18.2 Å². The van der Waals surface area contributed by atoms with Gasteiger partial charge in [0.2, 0.25) is 0 Å². The molecule has 1 aromatic carbocycles. The zero-order valence-corrected chi connectivity index (χ0v) is 13.3. The maximum Gasteiger partial charge on any atom is 0.0952 e. The molecule has 2 rings (SSSR count). The number of rotatable bonds is 6. The van der Waals surface area contributed by atoms with Gasteiger partial charge in [-0.1, -0.05) is 34.1 Å². The van der Waals surface area contributed by atoms with Gasteiger partial charge in [0.05, 0.1) is 18.8 Å². The fourth-order valence-electron chi connectivity index (χ4n) is 2.45. The number of hydrogen-bond acceptors (Lipinski definition) is 3. The zero-order chi connectivity index (χ0) is 14.4. The summed E-state index contributed by atoms with van der Waals surface area (Å²) in [6.07, 6.45) is 3.32.